The standard InChI is InChI=1S/C23H22N4O2S2/c28-21(17-5-2-1-3-6-17)25-23(30)24-18-8-10-19(11-9-18)26-12-14-27(15-13-26)22(29)20-7-4-16-31-20/h1-11,16H,12-15H2,(H2,24,25,28,30). The van der Waals surface area contributed by atoms with E-state index in [0.29, 0.717) is 18.7 Å². The van der Waals surface area contributed by atoms with E-state index in [2.05, 4.69) is 15.5 Å². The lowest BCUT2D eigenvalue weighted by molar-refractivity contribution is 0.0751. The lowest BCUT2D eigenvalue weighted by atomic mass is 10.2. The van der Waals surface area contributed by atoms with Crippen molar-refractivity contribution in [3.05, 3.63) is 82.6 Å². The van der Waals surface area contributed by atoms with E-state index in [1.807, 2.05) is 64.9 Å². The van der Waals surface area contributed by atoms with Gasteiger partial charge in [0, 0.05) is 43.1 Å². The molecule has 4 rings (SSSR count). The molecule has 2 N–H and O–H groups in total. The molecule has 158 valence electrons. The Morgan fingerprint density at radius 1 is 0.871 bits per heavy atom. The third kappa shape index (κ3) is 5.28. The lowest BCUT2D eigenvalue weighted by Crippen LogP contribution is -2.48. The van der Waals surface area contributed by atoms with Gasteiger partial charge >= 0.3 is 0 Å². The van der Waals surface area contributed by atoms with Crippen LogP contribution in [0.15, 0.2) is 72.1 Å². The van der Waals surface area contributed by atoms with Gasteiger partial charge in [0.05, 0.1) is 4.88 Å². The van der Waals surface area contributed by atoms with Crippen LogP contribution in [-0.4, -0.2) is 48.0 Å². The summed E-state index contributed by atoms with van der Waals surface area (Å²) in [7, 11) is 0. The van der Waals surface area contributed by atoms with Crippen LogP contribution in [0.2, 0.25) is 0 Å². The van der Waals surface area contributed by atoms with Crippen LogP contribution >= 0.6 is 23.6 Å². The SMILES string of the molecule is O=C(NC(=S)Nc1ccc(N2CCN(C(=O)c3cccs3)CC2)cc1)c1ccccc1. The Labute approximate surface area is 190 Å². The van der Waals surface area contributed by atoms with Gasteiger partial charge in [0.25, 0.3) is 11.8 Å². The number of hydrogen-bond donors (Lipinski definition) is 2. The molecule has 0 bridgehead atoms. The minimum Gasteiger partial charge on any atom is -0.368 e. The number of piperazine rings is 1. The Kier molecular flexibility index (Phi) is 6.59. The maximum Gasteiger partial charge on any atom is 0.264 e. The van der Waals surface area contributed by atoms with E-state index >= 15 is 0 Å². The molecule has 8 heteroatoms. The van der Waals surface area contributed by atoms with E-state index in [1.54, 1.807) is 12.1 Å². The summed E-state index contributed by atoms with van der Waals surface area (Å²) in [6, 6.07) is 20.6. The van der Waals surface area contributed by atoms with Crippen molar-refractivity contribution in [2.24, 2.45) is 0 Å². The quantitative estimate of drug-likeness (QED) is 0.592. The smallest absolute Gasteiger partial charge is 0.264 e. The predicted molar refractivity (Wildman–Crippen MR) is 129 cm³/mol. The number of benzene rings is 2. The first-order valence-corrected chi connectivity index (χ1v) is 11.2. The van der Waals surface area contributed by atoms with E-state index in [-0.39, 0.29) is 16.9 Å². The van der Waals surface area contributed by atoms with Crippen LogP contribution in [0.5, 0.6) is 0 Å². The summed E-state index contributed by atoms with van der Waals surface area (Å²) in [5.41, 5.74) is 2.44. The summed E-state index contributed by atoms with van der Waals surface area (Å²) in [6.07, 6.45) is 0. The highest BCUT2D eigenvalue weighted by atomic mass is 32.1. The Morgan fingerprint density at radius 2 is 1.58 bits per heavy atom. The largest absolute Gasteiger partial charge is 0.368 e. The van der Waals surface area contributed by atoms with Gasteiger partial charge in [-0.25, -0.2) is 0 Å². The predicted octanol–water partition coefficient (Wildman–Crippen LogP) is 3.84. The van der Waals surface area contributed by atoms with Gasteiger partial charge in [0.1, 0.15) is 0 Å². The monoisotopic (exact) mass is 450 g/mol. The molecule has 0 saturated carbocycles. The number of nitrogens with one attached hydrogen (secondary N) is 2. The molecule has 1 aliphatic rings. The zero-order chi connectivity index (χ0) is 21.6. The van der Waals surface area contributed by atoms with Crippen LogP contribution in [0.4, 0.5) is 11.4 Å². The minimum atomic E-state index is -0.246. The molecule has 2 amide bonds. The molecule has 3 aromatic rings. The summed E-state index contributed by atoms with van der Waals surface area (Å²) in [4.78, 5) is 29.6. The second kappa shape index (κ2) is 9.72. The van der Waals surface area contributed by atoms with Crippen molar-refractivity contribution < 1.29 is 9.59 Å². The van der Waals surface area contributed by atoms with E-state index < -0.39 is 0 Å². The highest BCUT2D eigenvalue weighted by Gasteiger charge is 2.22. The molecule has 0 atom stereocenters. The summed E-state index contributed by atoms with van der Waals surface area (Å²) in [5.74, 6) is -0.134. The highest BCUT2D eigenvalue weighted by Crippen LogP contribution is 2.21. The third-order valence-corrected chi connectivity index (χ3v) is 6.11. The number of nitrogens with zero attached hydrogens (tertiary/aromatic N) is 2. The topological polar surface area (TPSA) is 64.7 Å². The number of anilines is 2. The molecule has 1 saturated heterocycles. The first-order chi connectivity index (χ1) is 15.1. The van der Waals surface area contributed by atoms with Crippen LogP contribution in [-0.2, 0) is 0 Å². The Morgan fingerprint density at radius 3 is 2.23 bits per heavy atom. The fraction of sp³-hybridized carbons (Fsp3) is 0.174. The summed E-state index contributed by atoms with van der Waals surface area (Å²) >= 11 is 6.73. The van der Waals surface area contributed by atoms with Gasteiger partial charge < -0.3 is 15.1 Å². The second-order valence-electron chi connectivity index (χ2n) is 7.08. The van der Waals surface area contributed by atoms with E-state index in [4.69, 9.17) is 12.2 Å². The second-order valence-corrected chi connectivity index (χ2v) is 8.43. The van der Waals surface area contributed by atoms with Crippen LogP contribution in [0.1, 0.15) is 20.0 Å². The third-order valence-electron chi connectivity index (χ3n) is 5.05. The van der Waals surface area contributed by atoms with Crippen LogP contribution in [0.25, 0.3) is 0 Å². The first kappa shape index (κ1) is 21.0. The van der Waals surface area contributed by atoms with Gasteiger partial charge in [-0.3, -0.25) is 14.9 Å². The van der Waals surface area contributed by atoms with Gasteiger partial charge in [-0.05, 0) is 60.1 Å². The van der Waals surface area contributed by atoms with Crippen molar-refractivity contribution in [3.63, 3.8) is 0 Å². The van der Waals surface area contributed by atoms with Gasteiger partial charge in [-0.2, -0.15) is 0 Å². The number of hydrogen-bond acceptors (Lipinski definition) is 5. The number of carbonyl (C=O) groups is 2. The van der Waals surface area contributed by atoms with Gasteiger partial charge in [-0.15, -0.1) is 11.3 Å². The van der Waals surface area contributed by atoms with Crippen molar-refractivity contribution in [1.82, 2.24) is 10.2 Å². The number of thiophene rings is 1. The molecular formula is C23H22N4O2S2. The molecule has 1 fully saturated rings. The number of amides is 2. The molecule has 6 nitrogen and oxygen atoms in total. The summed E-state index contributed by atoms with van der Waals surface area (Å²) in [6.45, 7) is 2.98. The van der Waals surface area contributed by atoms with E-state index in [9.17, 15) is 9.59 Å². The number of rotatable bonds is 4. The zero-order valence-corrected chi connectivity index (χ0v) is 18.4. The van der Waals surface area contributed by atoms with Crippen LogP contribution in [0.3, 0.4) is 0 Å². The fourth-order valence-corrected chi connectivity index (χ4v) is 4.31. The lowest BCUT2D eigenvalue weighted by Gasteiger charge is -2.36. The van der Waals surface area contributed by atoms with Crippen molar-refractivity contribution in [3.8, 4) is 0 Å². The zero-order valence-electron chi connectivity index (χ0n) is 16.8. The van der Waals surface area contributed by atoms with Crippen LogP contribution < -0.4 is 15.5 Å². The maximum atomic E-state index is 12.5. The number of carbonyl (C=O) groups excluding carboxylic acids is 2. The van der Waals surface area contributed by atoms with Gasteiger partial charge in [0.2, 0.25) is 0 Å². The van der Waals surface area contributed by atoms with Crippen LogP contribution in [0, 0.1) is 0 Å². The molecule has 1 aromatic heterocycles. The summed E-state index contributed by atoms with van der Waals surface area (Å²) in [5, 5.41) is 7.90. The fourth-order valence-electron chi connectivity index (χ4n) is 3.41. The van der Waals surface area contributed by atoms with Crippen molar-refractivity contribution in [2.75, 3.05) is 36.4 Å². The Balaban J connectivity index is 1.28. The van der Waals surface area contributed by atoms with Gasteiger partial charge in [-0.1, -0.05) is 24.3 Å². The average Bonchev–Trinajstić information content (AvgIpc) is 3.35. The molecule has 1 aliphatic heterocycles. The van der Waals surface area contributed by atoms with Crippen molar-refractivity contribution >= 4 is 51.9 Å². The maximum absolute atomic E-state index is 12.5. The molecule has 31 heavy (non-hydrogen) atoms. The molecule has 2 heterocycles. The molecule has 0 spiro atoms. The Hall–Kier alpha value is -3.23. The van der Waals surface area contributed by atoms with E-state index in [0.717, 1.165) is 29.3 Å². The van der Waals surface area contributed by atoms with Crippen molar-refractivity contribution in [2.45, 2.75) is 0 Å². The first-order valence-electron chi connectivity index (χ1n) is 9.95. The molecule has 0 unspecified atom stereocenters. The summed E-state index contributed by atoms with van der Waals surface area (Å²) < 4.78 is 0. The molecule has 2 aromatic carbocycles. The van der Waals surface area contributed by atoms with Gasteiger partial charge in [0.15, 0.2) is 5.11 Å². The normalized spacial score (nSPS) is 13.5. The molecule has 0 aliphatic carbocycles. The highest BCUT2D eigenvalue weighted by molar-refractivity contribution is 7.80. The van der Waals surface area contributed by atoms with Crippen molar-refractivity contribution in [1.29, 1.82) is 0 Å². The number of thiocarbonyl (C=S) groups is 1. The molecular weight excluding hydrogens is 428 g/mol. The average molecular weight is 451 g/mol. The Bertz CT molecular complexity index is 1040. The minimum absolute atomic E-state index is 0.111. The molecule has 0 radical (unpaired) electrons. The van der Waals surface area contributed by atoms with E-state index in [1.165, 1.54) is 11.3 Å².